The Kier molecular flexibility index (Phi) is 8.41. The van der Waals surface area contributed by atoms with Gasteiger partial charge in [-0.15, -0.1) is 0 Å². The topological polar surface area (TPSA) is 37.3 Å². The smallest absolute Gasteiger partial charge is 0.363 e. The molecule has 3 nitrogen and oxygen atoms in total. The number of carboxylic acids is 1. The number of carbonyl (C=O) groups is 1. The molecule has 0 rings (SSSR count). The summed E-state index contributed by atoms with van der Waals surface area (Å²) in [5, 5.41) is 9.73. The molecule has 0 bridgehead atoms. The SMILES string of the molecule is CCCCCCCC(CC)(CC)C(C(=O)O)[N+](C)(C)C. The molecular weight excluding hydrogens is 250 g/mol. The highest BCUT2D eigenvalue weighted by atomic mass is 16.4. The van der Waals surface area contributed by atoms with E-state index in [0.29, 0.717) is 4.48 Å². The third-order valence-electron chi connectivity index (χ3n) is 4.78. The number of likely N-dealkylation sites (N-methyl/N-ethyl adjacent to an activating group) is 1. The molecular formula is C17H36NO2+. The van der Waals surface area contributed by atoms with Crippen LogP contribution >= 0.6 is 0 Å². The van der Waals surface area contributed by atoms with Crippen molar-refractivity contribution in [2.24, 2.45) is 5.41 Å². The van der Waals surface area contributed by atoms with Gasteiger partial charge < -0.3 is 9.59 Å². The summed E-state index contributed by atoms with van der Waals surface area (Å²) in [4.78, 5) is 11.8. The second-order valence-electron chi connectivity index (χ2n) is 7.09. The molecule has 20 heavy (non-hydrogen) atoms. The van der Waals surface area contributed by atoms with Crippen LogP contribution in [-0.4, -0.2) is 42.7 Å². The minimum absolute atomic E-state index is 0.0731. The van der Waals surface area contributed by atoms with Crippen LogP contribution in [0.2, 0.25) is 0 Å². The van der Waals surface area contributed by atoms with Crippen LogP contribution in [0, 0.1) is 5.41 Å². The van der Waals surface area contributed by atoms with E-state index < -0.39 is 5.97 Å². The largest absolute Gasteiger partial charge is 0.477 e. The highest BCUT2D eigenvalue weighted by Gasteiger charge is 2.48. The average molecular weight is 286 g/mol. The van der Waals surface area contributed by atoms with Gasteiger partial charge in [0.15, 0.2) is 6.04 Å². The molecule has 0 aromatic carbocycles. The predicted molar refractivity (Wildman–Crippen MR) is 85.8 cm³/mol. The van der Waals surface area contributed by atoms with Gasteiger partial charge >= 0.3 is 5.97 Å². The molecule has 1 N–H and O–H groups in total. The summed E-state index contributed by atoms with van der Waals surface area (Å²) in [7, 11) is 6.03. The molecule has 0 saturated carbocycles. The zero-order chi connectivity index (χ0) is 15.8. The lowest BCUT2D eigenvalue weighted by Gasteiger charge is -2.44. The van der Waals surface area contributed by atoms with Crippen LogP contribution in [0.25, 0.3) is 0 Å². The summed E-state index contributed by atoms with van der Waals surface area (Å²) in [6.07, 6.45) is 9.16. The lowest BCUT2D eigenvalue weighted by molar-refractivity contribution is -0.895. The highest BCUT2D eigenvalue weighted by molar-refractivity contribution is 5.73. The quantitative estimate of drug-likeness (QED) is 0.454. The van der Waals surface area contributed by atoms with Crippen molar-refractivity contribution in [1.29, 1.82) is 0 Å². The molecule has 1 atom stereocenters. The van der Waals surface area contributed by atoms with Gasteiger partial charge in [0.1, 0.15) is 0 Å². The summed E-state index contributed by atoms with van der Waals surface area (Å²) >= 11 is 0. The molecule has 1 unspecified atom stereocenters. The lowest BCUT2D eigenvalue weighted by atomic mass is 9.70. The van der Waals surface area contributed by atoms with Crippen molar-refractivity contribution in [1.82, 2.24) is 0 Å². The highest BCUT2D eigenvalue weighted by Crippen LogP contribution is 2.40. The minimum Gasteiger partial charge on any atom is -0.477 e. The molecule has 0 radical (unpaired) electrons. The maximum Gasteiger partial charge on any atom is 0.363 e. The average Bonchev–Trinajstić information content (AvgIpc) is 2.34. The molecule has 0 heterocycles. The van der Waals surface area contributed by atoms with Gasteiger partial charge in [0.05, 0.1) is 21.1 Å². The molecule has 0 aliphatic heterocycles. The van der Waals surface area contributed by atoms with Crippen molar-refractivity contribution < 1.29 is 14.4 Å². The molecule has 0 saturated heterocycles. The van der Waals surface area contributed by atoms with Crippen molar-refractivity contribution in [3.8, 4) is 0 Å². The Bertz CT molecular complexity index is 277. The summed E-state index contributed by atoms with van der Waals surface area (Å²) in [5.41, 5.74) is -0.0731. The van der Waals surface area contributed by atoms with Crippen LogP contribution < -0.4 is 0 Å². The maximum absolute atomic E-state index is 11.8. The molecule has 0 aromatic heterocycles. The number of unbranched alkanes of at least 4 members (excludes halogenated alkanes) is 4. The van der Waals surface area contributed by atoms with E-state index in [9.17, 15) is 9.90 Å². The van der Waals surface area contributed by atoms with E-state index >= 15 is 0 Å². The number of quaternary nitrogens is 1. The van der Waals surface area contributed by atoms with Crippen LogP contribution in [-0.2, 0) is 4.79 Å². The molecule has 0 spiro atoms. The van der Waals surface area contributed by atoms with E-state index in [2.05, 4.69) is 20.8 Å². The first kappa shape index (κ1) is 19.4. The standard InChI is InChI=1S/C17H35NO2/c1-7-10-11-12-13-14-17(8-2,9-3)15(16(19)20)18(4,5)6/h15H,7-14H2,1-6H3/p+1. The Labute approximate surface area is 126 Å². The lowest BCUT2D eigenvalue weighted by Crippen LogP contribution is -2.58. The first-order valence-electron chi connectivity index (χ1n) is 8.29. The van der Waals surface area contributed by atoms with Crippen molar-refractivity contribution in [2.45, 2.75) is 78.2 Å². The van der Waals surface area contributed by atoms with E-state index in [1.54, 1.807) is 0 Å². The maximum atomic E-state index is 11.8. The molecule has 0 amide bonds. The molecule has 0 aromatic rings. The van der Waals surface area contributed by atoms with Gasteiger partial charge in [-0.3, -0.25) is 0 Å². The summed E-state index contributed by atoms with van der Waals surface area (Å²) in [6.45, 7) is 6.53. The van der Waals surface area contributed by atoms with E-state index in [-0.39, 0.29) is 11.5 Å². The monoisotopic (exact) mass is 286 g/mol. The van der Waals surface area contributed by atoms with Gasteiger partial charge in [-0.25, -0.2) is 4.79 Å². The van der Waals surface area contributed by atoms with E-state index in [1.807, 2.05) is 21.1 Å². The van der Waals surface area contributed by atoms with Gasteiger partial charge in [-0.05, 0) is 19.3 Å². The van der Waals surface area contributed by atoms with E-state index in [4.69, 9.17) is 0 Å². The zero-order valence-corrected chi connectivity index (χ0v) is 14.5. The molecule has 0 aliphatic carbocycles. The summed E-state index contributed by atoms with van der Waals surface area (Å²) in [6, 6.07) is -0.316. The second-order valence-corrected chi connectivity index (χ2v) is 7.09. The number of hydrogen-bond acceptors (Lipinski definition) is 1. The van der Waals surface area contributed by atoms with Crippen LogP contribution in [0.4, 0.5) is 0 Å². The number of rotatable bonds is 11. The Balaban J connectivity index is 4.91. The number of aliphatic carboxylic acids is 1. The number of hydrogen-bond donors (Lipinski definition) is 1. The Hall–Kier alpha value is -0.570. The molecule has 0 fully saturated rings. The molecule has 120 valence electrons. The van der Waals surface area contributed by atoms with Gasteiger partial charge in [0.2, 0.25) is 0 Å². The van der Waals surface area contributed by atoms with Crippen molar-refractivity contribution >= 4 is 5.97 Å². The normalized spacial score (nSPS) is 14.3. The van der Waals surface area contributed by atoms with Gasteiger partial charge in [0, 0.05) is 5.41 Å². The third kappa shape index (κ3) is 5.43. The Morgan fingerprint density at radius 1 is 1.00 bits per heavy atom. The van der Waals surface area contributed by atoms with Crippen LogP contribution in [0.5, 0.6) is 0 Å². The fraction of sp³-hybridized carbons (Fsp3) is 0.941. The first-order chi connectivity index (χ1) is 9.25. The zero-order valence-electron chi connectivity index (χ0n) is 14.5. The van der Waals surface area contributed by atoms with Gasteiger partial charge in [0.25, 0.3) is 0 Å². The second kappa shape index (κ2) is 8.66. The Morgan fingerprint density at radius 3 is 1.85 bits per heavy atom. The predicted octanol–water partition coefficient (Wildman–Crippen LogP) is 4.31. The van der Waals surface area contributed by atoms with E-state index in [1.165, 1.54) is 25.7 Å². The molecule has 3 heteroatoms. The van der Waals surface area contributed by atoms with Gasteiger partial charge in [-0.2, -0.15) is 0 Å². The third-order valence-corrected chi connectivity index (χ3v) is 4.78. The van der Waals surface area contributed by atoms with Crippen LogP contribution in [0.1, 0.15) is 72.1 Å². The van der Waals surface area contributed by atoms with Crippen molar-refractivity contribution in [2.75, 3.05) is 21.1 Å². The fourth-order valence-electron chi connectivity index (χ4n) is 3.62. The fourth-order valence-corrected chi connectivity index (χ4v) is 3.62. The van der Waals surface area contributed by atoms with Gasteiger partial charge in [-0.1, -0.05) is 52.9 Å². The van der Waals surface area contributed by atoms with Crippen LogP contribution in [0.15, 0.2) is 0 Å². The van der Waals surface area contributed by atoms with Crippen molar-refractivity contribution in [3.05, 3.63) is 0 Å². The summed E-state index contributed by atoms with van der Waals surface area (Å²) < 4.78 is 0.506. The number of nitrogens with zero attached hydrogens (tertiary/aromatic N) is 1. The summed E-state index contributed by atoms with van der Waals surface area (Å²) in [5.74, 6) is -0.644. The van der Waals surface area contributed by atoms with E-state index in [0.717, 1.165) is 25.7 Å². The first-order valence-corrected chi connectivity index (χ1v) is 8.29. The number of carboxylic acid groups (broad SMARTS) is 1. The minimum atomic E-state index is -0.644. The molecule has 0 aliphatic rings. The van der Waals surface area contributed by atoms with Crippen LogP contribution in [0.3, 0.4) is 0 Å². The van der Waals surface area contributed by atoms with Crippen molar-refractivity contribution in [3.63, 3.8) is 0 Å². The Morgan fingerprint density at radius 2 is 1.50 bits per heavy atom.